The van der Waals surface area contributed by atoms with Gasteiger partial charge in [-0.15, -0.1) is 0 Å². The molecule has 1 saturated carbocycles. The number of ketones is 1. The number of carbonyl (C=O) groups is 1. The maximum Gasteiger partial charge on any atom is 0.259 e. The molecule has 7 heteroatoms. The number of Topliss-reactive ketones (excluding diaryl/α,β-unsaturated/α-hetero) is 1. The molecule has 1 aromatic rings. The molecule has 0 unspecified atom stereocenters. The molecule has 0 radical (unpaired) electrons. The summed E-state index contributed by atoms with van der Waals surface area (Å²) in [7, 11) is 1.56. The van der Waals surface area contributed by atoms with E-state index in [0.29, 0.717) is 18.3 Å². The Balaban J connectivity index is 1.95. The smallest absolute Gasteiger partial charge is 0.259 e. The van der Waals surface area contributed by atoms with Crippen LogP contribution in [0.2, 0.25) is 0 Å². The van der Waals surface area contributed by atoms with Gasteiger partial charge in [-0.2, -0.15) is 0 Å². The van der Waals surface area contributed by atoms with Crippen LogP contribution in [0.3, 0.4) is 0 Å². The molecule has 7 nitrogen and oxygen atoms in total. The lowest BCUT2D eigenvalue weighted by atomic mass is 9.76. The summed E-state index contributed by atoms with van der Waals surface area (Å²) in [4.78, 5) is 24.9. The topological polar surface area (TPSA) is 109 Å². The number of allylic oxidation sites excluding steroid dienone is 1. The monoisotopic (exact) mass is 489 g/mol. The van der Waals surface area contributed by atoms with Crippen molar-refractivity contribution in [3.8, 4) is 5.75 Å². The summed E-state index contributed by atoms with van der Waals surface area (Å²) in [6, 6.07) is 0. The third-order valence-corrected chi connectivity index (χ3v) is 8.11. The van der Waals surface area contributed by atoms with Gasteiger partial charge in [0.1, 0.15) is 17.1 Å². The standard InChI is InChI=1S/C28H43NO6/c1-7-16(2)12-17(3)13-19(5)26-18(4)8-9-22(35-26)24-25(32)21(15-29(6)27(24)33)28(34)11-10-20(30)14-23(28)31/h13,15-18,22-23,26,31-32,34H,7-12,14H2,1-6H3/b19-13+/t16-,17+,18+,22-,23+,26+,28-/m0/s1. The van der Waals surface area contributed by atoms with Gasteiger partial charge in [-0.1, -0.05) is 40.2 Å². The van der Waals surface area contributed by atoms with Crippen molar-refractivity contribution in [3.05, 3.63) is 39.3 Å². The second-order valence-corrected chi connectivity index (χ2v) is 11.1. The molecule has 196 valence electrons. The predicted molar refractivity (Wildman–Crippen MR) is 135 cm³/mol. The fourth-order valence-electron chi connectivity index (χ4n) is 5.78. The highest BCUT2D eigenvalue weighted by Gasteiger charge is 2.46. The van der Waals surface area contributed by atoms with E-state index < -0.39 is 17.8 Å². The first-order chi connectivity index (χ1) is 16.4. The Morgan fingerprint density at radius 2 is 2.00 bits per heavy atom. The molecular formula is C28H43NO6. The molecule has 2 heterocycles. The molecular weight excluding hydrogens is 446 g/mol. The van der Waals surface area contributed by atoms with Crippen LogP contribution in [0.5, 0.6) is 5.75 Å². The van der Waals surface area contributed by atoms with E-state index in [9.17, 15) is 24.9 Å². The minimum absolute atomic E-state index is 0.0146. The molecule has 0 spiro atoms. The Morgan fingerprint density at radius 3 is 2.63 bits per heavy atom. The van der Waals surface area contributed by atoms with E-state index >= 15 is 0 Å². The van der Waals surface area contributed by atoms with Gasteiger partial charge in [0.2, 0.25) is 0 Å². The van der Waals surface area contributed by atoms with E-state index in [2.05, 4.69) is 40.7 Å². The molecule has 2 fully saturated rings. The molecule has 1 saturated heterocycles. The Bertz CT molecular complexity index is 1010. The zero-order valence-corrected chi connectivity index (χ0v) is 22.1. The minimum atomic E-state index is -1.80. The van der Waals surface area contributed by atoms with Gasteiger partial charge in [0.05, 0.1) is 23.9 Å². The second kappa shape index (κ2) is 11.0. The molecule has 0 bridgehead atoms. The maximum absolute atomic E-state index is 13.2. The highest BCUT2D eigenvalue weighted by Crippen LogP contribution is 2.45. The van der Waals surface area contributed by atoms with Crippen molar-refractivity contribution in [2.24, 2.45) is 24.8 Å². The zero-order chi connectivity index (χ0) is 26.1. The third kappa shape index (κ3) is 5.73. The molecule has 35 heavy (non-hydrogen) atoms. The number of ether oxygens (including phenoxy) is 1. The number of nitrogens with zero attached hydrogens (tertiary/aromatic N) is 1. The van der Waals surface area contributed by atoms with Gasteiger partial charge >= 0.3 is 0 Å². The Morgan fingerprint density at radius 1 is 1.31 bits per heavy atom. The van der Waals surface area contributed by atoms with E-state index in [1.807, 2.05) is 0 Å². The van der Waals surface area contributed by atoms with Crippen LogP contribution in [0.4, 0.5) is 0 Å². The number of rotatable bonds is 7. The Hall–Kier alpha value is -1.96. The molecule has 2 aliphatic rings. The van der Waals surface area contributed by atoms with E-state index in [0.717, 1.165) is 24.8 Å². The predicted octanol–water partition coefficient (Wildman–Crippen LogP) is 4.27. The molecule has 7 atom stereocenters. The quantitative estimate of drug-likeness (QED) is 0.494. The number of pyridine rings is 1. The van der Waals surface area contributed by atoms with Gasteiger partial charge < -0.3 is 24.6 Å². The Labute approximate surface area is 208 Å². The van der Waals surface area contributed by atoms with E-state index in [4.69, 9.17) is 4.74 Å². The first kappa shape index (κ1) is 27.6. The first-order valence-electron chi connectivity index (χ1n) is 13.1. The van der Waals surface area contributed by atoms with Gasteiger partial charge in [0.15, 0.2) is 0 Å². The highest BCUT2D eigenvalue weighted by molar-refractivity contribution is 5.80. The van der Waals surface area contributed by atoms with E-state index in [-0.39, 0.29) is 59.5 Å². The van der Waals surface area contributed by atoms with Crippen molar-refractivity contribution in [3.63, 3.8) is 0 Å². The number of aromatic hydroxyl groups is 1. The Kier molecular flexibility index (Phi) is 8.66. The van der Waals surface area contributed by atoms with Crippen LogP contribution in [-0.4, -0.2) is 37.9 Å². The number of aliphatic hydroxyl groups excluding tert-OH is 1. The molecule has 0 amide bonds. The number of hydrogen-bond donors (Lipinski definition) is 3. The van der Waals surface area contributed by atoms with E-state index in [1.165, 1.54) is 10.8 Å². The largest absolute Gasteiger partial charge is 0.507 e. The second-order valence-electron chi connectivity index (χ2n) is 11.1. The molecule has 1 aliphatic carbocycles. The van der Waals surface area contributed by atoms with Crippen LogP contribution >= 0.6 is 0 Å². The van der Waals surface area contributed by atoms with Gasteiger partial charge in [-0.3, -0.25) is 9.59 Å². The fourth-order valence-corrected chi connectivity index (χ4v) is 5.78. The van der Waals surface area contributed by atoms with Crippen molar-refractivity contribution < 1.29 is 24.9 Å². The van der Waals surface area contributed by atoms with Gasteiger partial charge in [-0.05, 0) is 55.9 Å². The summed E-state index contributed by atoms with van der Waals surface area (Å²) < 4.78 is 7.79. The molecule has 3 rings (SSSR count). The van der Waals surface area contributed by atoms with Crippen LogP contribution in [-0.2, 0) is 22.2 Å². The normalized spacial score (nSPS) is 31.9. The van der Waals surface area contributed by atoms with Crippen LogP contribution in [0.25, 0.3) is 0 Å². The van der Waals surface area contributed by atoms with Crippen molar-refractivity contribution >= 4 is 5.78 Å². The van der Waals surface area contributed by atoms with Gasteiger partial charge in [-0.25, -0.2) is 0 Å². The third-order valence-electron chi connectivity index (χ3n) is 8.11. The summed E-state index contributed by atoms with van der Waals surface area (Å²) in [6.07, 6.45) is 5.01. The van der Waals surface area contributed by atoms with Crippen molar-refractivity contribution in [1.29, 1.82) is 0 Å². The summed E-state index contributed by atoms with van der Waals surface area (Å²) in [5.74, 6) is 0.849. The number of carbonyl (C=O) groups excluding carboxylic acids is 1. The molecule has 1 aromatic heterocycles. The maximum atomic E-state index is 13.2. The van der Waals surface area contributed by atoms with Gasteiger partial charge in [0.25, 0.3) is 5.56 Å². The lowest BCUT2D eigenvalue weighted by molar-refractivity contribution is -0.143. The van der Waals surface area contributed by atoms with Crippen molar-refractivity contribution in [2.45, 2.75) is 103 Å². The highest BCUT2D eigenvalue weighted by atomic mass is 16.5. The first-order valence-corrected chi connectivity index (χ1v) is 13.1. The summed E-state index contributed by atoms with van der Waals surface area (Å²) >= 11 is 0. The summed E-state index contributed by atoms with van der Waals surface area (Å²) in [5, 5.41) is 33.1. The van der Waals surface area contributed by atoms with Crippen LogP contribution in [0, 0.1) is 17.8 Å². The summed E-state index contributed by atoms with van der Waals surface area (Å²) in [6.45, 7) is 10.9. The van der Waals surface area contributed by atoms with E-state index in [1.54, 1.807) is 7.05 Å². The average molecular weight is 490 g/mol. The van der Waals surface area contributed by atoms with Crippen LogP contribution in [0.1, 0.15) is 96.8 Å². The van der Waals surface area contributed by atoms with Crippen molar-refractivity contribution in [2.75, 3.05) is 0 Å². The van der Waals surface area contributed by atoms with Crippen LogP contribution < -0.4 is 5.56 Å². The van der Waals surface area contributed by atoms with Crippen molar-refractivity contribution in [1.82, 2.24) is 4.57 Å². The lowest BCUT2D eigenvalue weighted by Crippen LogP contribution is -2.46. The molecule has 0 aromatic carbocycles. The lowest BCUT2D eigenvalue weighted by Gasteiger charge is -2.39. The number of aryl methyl sites for hydroxylation is 1. The zero-order valence-electron chi connectivity index (χ0n) is 22.1. The van der Waals surface area contributed by atoms with Crippen LogP contribution in [0.15, 0.2) is 22.6 Å². The number of aromatic nitrogens is 1. The molecule has 1 aliphatic heterocycles. The summed E-state index contributed by atoms with van der Waals surface area (Å²) in [5.41, 5.74) is -0.879. The average Bonchev–Trinajstić information content (AvgIpc) is 2.79. The number of hydrogen-bond acceptors (Lipinski definition) is 6. The number of aliphatic hydroxyl groups is 2. The fraction of sp³-hybridized carbons (Fsp3) is 0.714. The van der Waals surface area contributed by atoms with Gasteiger partial charge in [0, 0.05) is 31.6 Å². The SMILES string of the molecule is CC[C@H](C)C[C@@H](C)/C=C(\C)[C@@H]1O[C@H](c2c(O)c([C@@]3(O)CCC(=O)C[C@H]3O)cn(C)c2=O)CC[C@H]1C. The minimum Gasteiger partial charge on any atom is -0.507 e. The molecule has 3 N–H and O–H groups in total.